The second kappa shape index (κ2) is 6.88. The molecule has 6 nitrogen and oxygen atoms in total. The van der Waals surface area contributed by atoms with Gasteiger partial charge in [-0.2, -0.15) is 0 Å². The minimum atomic E-state index is -0.542. The van der Waals surface area contributed by atoms with E-state index in [4.69, 9.17) is 0 Å². The third kappa shape index (κ3) is 3.33. The zero-order valence-corrected chi connectivity index (χ0v) is 13.8. The SMILES string of the molecule is CCCc1nnc(NC(=O)Cn2ccc(=O)c3cccc(F)c32)s1. The van der Waals surface area contributed by atoms with Gasteiger partial charge in [0.25, 0.3) is 0 Å². The van der Waals surface area contributed by atoms with Crippen molar-refractivity contribution >= 4 is 33.3 Å². The number of pyridine rings is 1. The van der Waals surface area contributed by atoms with Crippen molar-refractivity contribution in [3.05, 3.63) is 51.5 Å². The van der Waals surface area contributed by atoms with E-state index >= 15 is 0 Å². The molecule has 1 amide bonds. The van der Waals surface area contributed by atoms with Gasteiger partial charge in [0.15, 0.2) is 5.43 Å². The number of halogens is 1. The first-order valence-electron chi connectivity index (χ1n) is 7.48. The highest BCUT2D eigenvalue weighted by molar-refractivity contribution is 7.15. The van der Waals surface area contributed by atoms with E-state index in [0.29, 0.717) is 5.13 Å². The van der Waals surface area contributed by atoms with E-state index in [-0.39, 0.29) is 28.8 Å². The van der Waals surface area contributed by atoms with Gasteiger partial charge in [-0.1, -0.05) is 24.3 Å². The third-order valence-electron chi connectivity index (χ3n) is 3.44. The number of fused-ring (bicyclic) bond motifs is 1. The van der Waals surface area contributed by atoms with Gasteiger partial charge in [0.2, 0.25) is 11.0 Å². The Morgan fingerprint density at radius 3 is 2.96 bits per heavy atom. The number of hydrogen-bond acceptors (Lipinski definition) is 5. The largest absolute Gasteiger partial charge is 0.335 e. The number of nitrogens with one attached hydrogen (secondary N) is 1. The summed E-state index contributed by atoms with van der Waals surface area (Å²) in [6, 6.07) is 5.59. The van der Waals surface area contributed by atoms with Crippen LogP contribution in [-0.4, -0.2) is 20.7 Å². The number of amides is 1. The van der Waals surface area contributed by atoms with Gasteiger partial charge in [-0.25, -0.2) is 4.39 Å². The topological polar surface area (TPSA) is 76.9 Å². The van der Waals surface area contributed by atoms with Crippen LogP contribution in [0.4, 0.5) is 9.52 Å². The van der Waals surface area contributed by atoms with Crippen molar-refractivity contribution in [2.24, 2.45) is 0 Å². The number of aryl methyl sites for hydroxylation is 1. The monoisotopic (exact) mass is 346 g/mol. The van der Waals surface area contributed by atoms with E-state index in [9.17, 15) is 14.0 Å². The molecule has 3 aromatic rings. The summed E-state index contributed by atoms with van der Waals surface area (Å²) in [4.78, 5) is 24.0. The Bertz CT molecular complexity index is 951. The average Bonchev–Trinajstić information content (AvgIpc) is 2.98. The molecule has 0 saturated carbocycles. The molecule has 1 aromatic carbocycles. The molecule has 0 spiro atoms. The van der Waals surface area contributed by atoms with Crippen LogP contribution >= 0.6 is 11.3 Å². The van der Waals surface area contributed by atoms with Crippen molar-refractivity contribution in [1.82, 2.24) is 14.8 Å². The summed E-state index contributed by atoms with van der Waals surface area (Å²) in [5.41, 5.74) is -0.168. The first-order valence-corrected chi connectivity index (χ1v) is 8.30. The lowest BCUT2D eigenvalue weighted by molar-refractivity contribution is -0.116. The summed E-state index contributed by atoms with van der Waals surface area (Å²) in [5, 5.41) is 12.1. The predicted octanol–water partition coefficient (Wildman–Crippen LogP) is 2.58. The van der Waals surface area contributed by atoms with Crippen LogP contribution in [0.2, 0.25) is 0 Å². The van der Waals surface area contributed by atoms with E-state index in [1.54, 1.807) is 0 Å². The Labute approximate surface area is 141 Å². The molecule has 0 atom stereocenters. The fourth-order valence-electron chi connectivity index (χ4n) is 2.39. The van der Waals surface area contributed by atoms with Gasteiger partial charge in [-0.05, 0) is 18.6 Å². The Morgan fingerprint density at radius 1 is 1.33 bits per heavy atom. The van der Waals surface area contributed by atoms with E-state index in [1.165, 1.54) is 46.4 Å². The first kappa shape index (κ1) is 16.3. The van der Waals surface area contributed by atoms with Crippen LogP contribution in [0.25, 0.3) is 10.9 Å². The second-order valence-corrected chi connectivity index (χ2v) is 6.31. The third-order valence-corrected chi connectivity index (χ3v) is 4.33. The van der Waals surface area contributed by atoms with Crippen molar-refractivity contribution in [3.8, 4) is 0 Å². The first-order chi connectivity index (χ1) is 11.6. The Morgan fingerprint density at radius 2 is 2.17 bits per heavy atom. The smallest absolute Gasteiger partial charge is 0.246 e. The summed E-state index contributed by atoms with van der Waals surface area (Å²) in [6.07, 6.45) is 3.17. The zero-order valence-electron chi connectivity index (χ0n) is 13.0. The standard InChI is InChI=1S/C16H15FN4O2S/c1-2-4-14-19-20-16(24-14)18-13(23)9-21-8-7-12(22)10-5-3-6-11(17)15(10)21/h3,5-8H,2,4,9H2,1H3,(H,18,20,23). The van der Waals surface area contributed by atoms with Crippen LogP contribution in [0.15, 0.2) is 35.3 Å². The molecule has 3 rings (SSSR count). The molecule has 0 unspecified atom stereocenters. The van der Waals surface area contributed by atoms with Crippen molar-refractivity contribution < 1.29 is 9.18 Å². The quantitative estimate of drug-likeness (QED) is 0.770. The summed E-state index contributed by atoms with van der Waals surface area (Å²) in [5.74, 6) is -0.901. The van der Waals surface area contributed by atoms with Gasteiger partial charge >= 0.3 is 0 Å². The van der Waals surface area contributed by atoms with Crippen LogP contribution in [0.3, 0.4) is 0 Å². The number of hydrogen-bond donors (Lipinski definition) is 1. The number of nitrogens with zero attached hydrogens (tertiary/aromatic N) is 3. The fourth-order valence-corrected chi connectivity index (χ4v) is 3.25. The normalized spacial score (nSPS) is 10.9. The average molecular weight is 346 g/mol. The Balaban J connectivity index is 1.83. The van der Waals surface area contributed by atoms with Crippen molar-refractivity contribution in [1.29, 1.82) is 0 Å². The number of benzene rings is 1. The second-order valence-electron chi connectivity index (χ2n) is 5.24. The molecule has 0 bridgehead atoms. The molecule has 0 saturated heterocycles. The molecule has 0 aliphatic rings. The number of carbonyl (C=O) groups is 1. The van der Waals surface area contributed by atoms with Gasteiger partial charge < -0.3 is 4.57 Å². The van der Waals surface area contributed by atoms with Crippen molar-refractivity contribution in [2.45, 2.75) is 26.3 Å². The van der Waals surface area contributed by atoms with Crippen molar-refractivity contribution in [2.75, 3.05) is 5.32 Å². The number of carbonyl (C=O) groups excluding carboxylic acids is 1. The van der Waals surface area contributed by atoms with Gasteiger partial charge in [0, 0.05) is 24.1 Å². The highest BCUT2D eigenvalue weighted by atomic mass is 32.1. The molecule has 0 aliphatic carbocycles. The molecule has 0 fully saturated rings. The molecule has 1 N–H and O–H groups in total. The maximum Gasteiger partial charge on any atom is 0.246 e. The zero-order chi connectivity index (χ0) is 17.1. The van der Waals surface area contributed by atoms with Gasteiger partial charge in [0.1, 0.15) is 17.4 Å². The minimum absolute atomic E-state index is 0.115. The molecule has 124 valence electrons. The number of aromatic nitrogens is 3. The lowest BCUT2D eigenvalue weighted by Gasteiger charge is -2.10. The van der Waals surface area contributed by atoms with Gasteiger partial charge in [0.05, 0.1) is 5.52 Å². The highest BCUT2D eigenvalue weighted by Crippen LogP contribution is 2.17. The van der Waals surface area contributed by atoms with Crippen LogP contribution < -0.4 is 10.7 Å². The lowest BCUT2D eigenvalue weighted by Crippen LogP contribution is -2.20. The number of anilines is 1. The van der Waals surface area contributed by atoms with E-state index in [1.807, 2.05) is 6.92 Å². The maximum atomic E-state index is 14.1. The summed E-state index contributed by atoms with van der Waals surface area (Å²) < 4.78 is 15.5. The van der Waals surface area contributed by atoms with Crippen LogP contribution in [0.5, 0.6) is 0 Å². The molecule has 2 heterocycles. The molecule has 0 aliphatic heterocycles. The summed E-state index contributed by atoms with van der Waals surface area (Å²) in [7, 11) is 0. The molecule has 0 radical (unpaired) electrons. The summed E-state index contributed by atoms with van der Waals surface area (Å²) >= 11 is 1.32. The number of para-hydroxylation sites is 1. The van der Waals surface area contributed by atoms with Crippen molar-refractivity contribution in [3.63, 3.8) is 0 Å². The molecule has 8 heteroatoms. The van der Waals surface area contributed by atoms with E-state index in [2.05, 4.69) is 15.5 Å². The number of rotatable bonds is 5. The Kier molecular flexibility index (Phi) is 4.66. The fraction of sp³-hybridized carbons (Fsp3) is 0.250. The van der Waals surface area contributed by atoms with Gasteiger partial charge in [-0.15, -0.1) is 10.2 Å². The molecular formula is C16H15FN4O2S. The molecular weight excluding hydrogens is 331 g/mol. The predicted molar refractivity (Wildman–Crippen MR) is 90.7 cm³/mol. The van der Waals surface area contributed by atoms with E-state index < -0.39 is 5.82 Å². The minimum Gasteiger partial charge on any atom is -0.335 e. The maximum absolute atomic E-state index is 14.1. The Hall–Kier alpha value is -2.61. The molecule has 24 heavy (non-hydrogen) atoms. The molecule has 2 aromatic heterocycles. The van der Waals surface area contributed by atoms with E-state index in [0.717, 1.165) is 17.8 Å². The van der Waals surface area contributed by atoms with Crippen LogP contribution in [0.1, 0.15) is 18.4 Å². The summed E-state index contributed by atoms with van der Waals surface area (Å²) in [6.45, 7) is 1.91. The van der Waals surface area contributed by atoms with Gasteiger partial charge in [-0.3, -0.25) is 14.9 Å². The van der Waals surface area contributed by atoms with Crippen LogP contribution in [0, 0.1) is 5.82 Å². The lowest BCUT2D eigenvalue weighted by atomic mass is 10.2. The van der Waals surface area contributed by atoms with Crippen LogP contribution in [-0.2, 0) is 17.8 Å². The highest BCUT2D eigenvalue weighted by Gasteiger charge is 2.12.